The maximum absolute atomic E-state index is 5.93. The molecular weight excluding hydrogens is 204 g/mol. The van der Waals surface area contributed by atoms with Crippen molar-refractivity contribution in [1.29, 1.82) is 0 Å². The van der Waals surface area contributed by atoms with Crippen molar-refractivity contribution in [1.82, 2.24) is 0 Å². The van der Waals surface area contributed by atoms with E-state index in [0.29, 0.717) is 0 Å². The van der Waals surface area contributed by atoms with Crippen LogP contribution in [0.3, 0.4) is 0 Å². The van der Waals surface area contributed by atoms with E-state index in [2.05, 4.69) is 31.2 Å². The predicted octanol–water partition coefficient (Wildman–Crippen LogP) is 4.85. The first-order chi connectivity index (χ1) is 7.27. The second-order valence-corrected chi connectivity index (χ2v) is 5.00. The molecule has 1 aliphatic carbocycles. The molecule has 1 aromatic rings. The number of alkyl halides is 1. The van der Waals surface area contributed by atoms with Crippen LogP contribution >= 0.6 is 11.6 Å². The SMILES string of the molecule is [CH2]C(Cl)c1ccc(C2CCCCC2)cc1. The summed E-state index contributed by atoms with van der Waals surface area (Å²) in [5.74, 6) is 0.784. The lowest BCUT2D eigenvalue weighted by molar-refractivity contribution is 0.443. The van der Waals surface area contributed by atoms with Crippen molar-refractivity contribution in [2.75, 3.05) is 0 Å². The van der Waals surface area contributed by atoms with Gasteiger partial charge in [0.1, 0.15) is 0 Å². The Hall–Kier alpha value is -0.490. The molecule has 0 N–H and O–H groups in total. The highest BCUT2D eigenvalue weighted by atomic mass is 35.5. The number of hydrogen-bond acceptors (Lipinski definition) is 0. The summed E-state index contributed by atoms with van der Waals surface area (Å²) < 4.78 is 0. The van der Waals surface area contributed by atoms with Crippen molar-refractivity contribution in [2.45, 2.75) is 43.4 Å². The quantitative estimate of drug-likeness (QED) is 0.627. The zero-order valence-corrected chi connectivity index (χ0v) is 9.84. The Kier molecular flexibility index (Phi) is 3.69. The average Bonchev–Trinajstić information content (AvgIpc) is 2.30. The Morgan fingerprint density at radius 3 is 2.20 bits per heavy atom. The number of rotatable bonds is 2. The molecule has 1 aromatic carbocycles. The Balaban J connectivity index is 2.08. The molecule has 1 saturated carbocycles. The second kappa shape index (κ2) is 5.03. The van der Waals surface area contributed by atoms with Crippen molar-refractivity contribution in [3.05, 3.63) is 42.3 Å². The molecule has 15 heavy (non-hydrogen) atoms. The lowest BCUT2D eigenvalue weighted by atomic mass is 9.84. The molecular formula is C14H18Cl. The average molecular weight is 222 g/mol. The van der Waals surface area contributed by atoms with Gasteiger partial charge in [-0.2, -0.15) is 0 Å². The molecule has 1 aliphatic rings. The van der Waals surface area contributed by atoms with Crippen molar-refractivity contribution in [3.8, 4) is 0 Å². The lowest BCUT2D eigenvalue weighted by Crippen LogP contribution is -2.04. The molecule has 81 valence electrons. The van der Waals surface area contributed by atoms with Gasteiger partial charge >= 0.3 is 0 Å². The van der Waals surface area contributed by atoms with Crippen molar-refractivity contribution in [2.24, 2.45) is 0 Å². The fourth-order valence-electron chi connectivity index (χ4n) is 2.41. The zero-order valence-electron chi connectivity index (χ0n) is 9.08. The van der Waals surface area contributed by atoms with E-state index in [1.54, 1.807) is 0 Å². The maximum Gasteiger partial charge on any atom is 0.0585 e. The third-order valence-corrected chi connectivity index (χ3v) is 3.63. The molecule has 1 atom stereocenters. The van der Waals surface area contributed by atoms with Gasteiger partial charge in [0.05, 0.1) is 5.38 Å². The Bertz CT molecular complexity index is 294. The molecule has 1 unspecified atom stereocenters. The Morgan fingerprint density at radius 1 is 1.07 bits per heavy atom. The van der Waals surface area contributed by atoms with E-state index in [1.807, 2.05) is 0 Å². The van der Waals surface area contributed by atoms with Gasteiger partial charge in [0.2, 0.25) is 0 Å². The normalized spacial score (nSPS) is 20.1. The molecule has 0 amide bonds. The molecule has 1 heteroatoms. The van der Waals surface area contributed by atoms with Crippen molar-refractivity contribution < 1.29 is 0 Å². The van der Waals surface area contributed by atoms with E-state index < -0.39 is 0 Å². The summed E-state index contributed by atoms with van der Waals surface area (Å²) in [6.07, 6.45) is 6.90. The summed E-state index contributed by atoms with van der Waals surface area (Å²) in [6.45, 7) is 3.82. The van der Waals surface area contributed by atoms with Crippen LogP contribution in [0.25, 0.3) is 0 Å². The van der Waals surface area contributed by atoms with Gasteiger partial charge in [0.15, 0.2) is 0 Å². The van der Waals surface area contributed by atoms with E-state index >= 15 is 0 Å². The smallest absolute Gasteiger partial charge is 0.0585 e. The minimum absolute atomic E-state index is 0.120. The summed E-state index contributed by atoms with van der Waals surface area (Å²) in [6, 6.07) is 8.70. The van der Waals surface area contributed by atoms with Crippen molar-refractivity contribution >= 4 is 11.6 Å². The van der Waals surface area contributed by atoms with Gasteiger partial charge in [0.25, 0.3) is 0 Å². The number of benzene rings is 1. The third kappa shape index (κ3) is 2.75. The fourth-order valence-corrected chi connectivity index (χ4v) is 2.56. The van der Waals surface area contributed by atoms with Gasteiger partial charge in [0, 0.05) is 0 Å². The monoisotopic (exact) mass is 221 g/mol. The molecule has 1 fully saturated rings. The van der Waals surface area contributed by atoms with E-state index in [-0.39, 0.29) is 5.38 Å². The Labute approximate surface area is 97.6 Å². The molecule has 0 heterocycles. The first-order valence-electron chi connectivity index (χ1n) is 5.84. The highest BCUT2D eigenvalue weighted by Crippen LogP contribution is 2.33. The minimum Gasteiger partial charge on any atom is -0.118 e. The van der Waals surface area contributed by atoms with Gasteiger partial charge in [-0.3, -0.25) is 0 Å². The van der Waals surface area contributed by atoms with Crippen LogP contribution in [-0.2, 0) is 0 Å². The van der Waals surface area contributed by atoms with E-state index in [1.165, 1.54) is 37.7 Å². The molecule has 0 saturated heterocycles. The first-order valence-corrected chi connectivity index (χ1v) is 6.28. The summed E-state index contributed by atoms with van der Waals surface area (Å²) >= 11 is 5.93. The molecule has 2 rings (SSSR count). The van der Waals surface area contributed by atoms with Crippen LogP contribution in [0.4, 0.5) is 0 Å². The summed E-state index contributed by atoms with van der Waals surface area (Å²) in [5, 5.41) is -0.120. The number of halogens is 1. The van der Waals surface area contributed by atoms with Crippen LogP contribution in [0.2, 0.25) is 0 Å². The van der Waals surface area contributed by atoms with Crippen LogP contribution in [0.1, 0.15) is 54.5 Å². The molecule has 0 bridgehead atoms. The highest BCUT2D eigenvalue weighted by molar-refractivity contribution is 6.21. The highest BCUT2D eigenvalue weighted by Gasteiger charge is 2.15. The minimum atomic E-state index is -0.120. The van der Waals surface area contributed by atoms with Crippen LogP contribution in [0.5, 0.6) is 0 Å². The van der Waals surface area contributed by atoms with E-state index in [0.717, 1.165) is 11.5 Å². The topological polar surface area (TPSA) is 0 Å². The van der Waals surface area contributed by atoms with E-state index in [9.17, 15) is 0 Å². The summed E-state index contributed by atoms with van der Waals surface area (Å²) in [5.41, 5.74) is 2.60. The van der Waals surface area contributed by atoms with Gasteiger partial charge < -0.3 is 0 Å². The van der Waals surface area contributed by atoms with Gasteiger partial charge in [-0.1, -0.05) is 43.5 Å². The molecule has 0 aliphatic heterocycles. The second-order valence-electron chi connectivity index (χ2n) is 4.47. The molecule has 1 radical (unpaired) electrons. The van der Waals surface area contributed by atoms with Gasteiger partial charge in [-0.05, 0) is 36.8 Å². The Morgan fingerprint density at radius 2 is 1.67 bits per heavy atom. The van der Waals surface area contributed by atoms with Gasteiger partial charge in [-0.15, -0.1) is 11.6 Å². The number of hydrogen-bond donors (Lipinski definition) is 0. The summed E-state index contributed by atoms with van der Waals surface area (Å²) in [7, 11) is 0. The first kappa shape index (κ1) is 11.0. The van der Waals surface area contributed by atoms with Crippen molar-refractivity contribution in [3.63, 3.8) is 0 Å². The van der Waals surface area contributed by atoms with Crippen LogP contribution in [0.15, 0.2) is 24.3 Å². The van der Waals surface area contributed by atoms with Crippen LogP contribution in [-0.4, -0.2) is 0 Å². The van der Waals surface area contributed by atoms with E-state index in [4.69, 9.17) is 11.6 Å². The fraction of sp³-hybridized carbons (Fsp3) is 0.500. The van der Waals surface area contributed by atoms with Gasteiger partial charge in [-0.25, -0.2) is 0 Å². The summed E-state index contributed by atoms with van der Waals surface area (Å²) in [4.78, 5) is 0. The third-order valence-electron chi connectivity index (χ3n) is 3.37. The molecule has 0 nitrogen and oxygen atoms in total. The maximum atomic E-state index is 5.93. The molecule has 0 aromatic heterocycles. The van der Waals surface area contributed by atoms with Crippen LogP contribution in [0, 0.1) is 6.92 Å². The zero-order chi connectivity index (χ0) is 10.7. The van der Waals surface area contributed by atoms with Crippen LogP contribution < -0.4 is 0 Å². The molecule has 0 spiro atoms. The predicted molar refractivity (Wildman–Crippen MR) is 66.2 cm³/mol. The standard InChI is InChI=1S/C14H18Cl/c1-11(15)12-7-9-14(10-8-12)13-5-3-2-4-6-13/h7-11,13H,1-6H2. The lowest BCUT2D eigenvalue weighted by Gasteiger charge is -2.22. The largest absolute Gasteiger partial charge is 0.118 e.